The van der Waals surface area contributed by atoms with Crippen molar-refractivity contribution in [2.24, 2.45) is 11.8 Å². The Balaban J connectivity index is 2.77. The van der Waals surface area contributed by atoms with Crippen molar-refractivity contribution in [1.82, 2.24) is 9.80 Å². The van der Waals surface area contributed by atoms with Crippen LogP contribution in [0.2, 0.25) is 13.1 Å². The molecule has 1 aliphatic rings. The van der Waals surface area contributed by atoms with Crippen molar-refractivity contribution in [3.05, 3.63) is 0 Å². The summed E-state index contributed by atoms with van der Waals surface area (Å²) < 4.78 is 4.87. The van der Waals surface area contributed by atoms with Gasteiger partial charge in [-0.25, -0.2) is 0 Å². The molecule has 0 N–H and O–H groups in total. The number of carbonyl (C=O) groups is 1. The minimum atomic E-state index is -0.798. The third-order valence-electron chi connectivity index (χ3n) is 5.56. The van der Waals surface area contributed by atoms with Crippen molar-refractivity contribution < 1.29 is 9.53 Å². The zero-order valence-corrected chi connectivity index (χ0v) is 17.0. The van der Waals surface area contributed by atoms with Gasteiger partial charge in [0.2, 0.25) is 0 Å². The average Bonchev–Trinajstić information content (AvgIpc) is 2.45. The molecular weight excluding hydrogens is 292 g/mol. The van der Waals surface area contributed by atoms with Crippen LogP contribution in [0.25, 0.3) is 0 Å². The van der Waals surface area contributed by atoms with Gasteiger partial charge < -0.3 is 4.74 Å². The lowest BCUT2D eigenvalue weighted by molar-refractivity contribution is -0.145. The molecule has 0 radical (unpaired) electrons. The van der Waals surface area contributed by atoms with Crippen molar-refractivity contribution in [3.8, 4) is 0 Å². The first-order valence-corrected chi connectivity index (χ1v) is 11.7. The molecule has 130 valence electrons. The van der Waals surface area contributed by atoms with Crippen LogP contribution in [0.15, 0.2) is 0 Å². The van der Waals surface area contributed by atoms with Gasteiger partial charge in [0.1, 0.15) is 0 Å². The van der Waals surface area contributed by atoms with E-state index in [1.807, 2.05) is 6.92 Å². The molecule has 0 bridgehead atoms. The molecule has 4 nitrogen and oxygen atoms in total. The Hall–Kier alpha value is -0.393. The van der Waals surface area contributed by atoms with E-state index in [0.29, 0.717) is 11.6 Å². The van der Waals surface area contributed by atoms with Crippen LogP contribution in [0.4, 0.5) is 0 Å². The molecule has 0 saturated carbocycles. The Bertz CT molecular complexity index is 372. The molecular formula is C17H36N2O2Si. The summed E-state index contributed by atoms with van der Waals surface area (Å²) in [5, 5.41) is 0. The topological polar surface area (TPSA) is 32.8 Å². The van der Waals surface area contributed by atoms with E-state index in [9.17, 15) is 4.79 Å². The maximum absolute atomic E-state index is 11.7. The zero-order valence-electron chi connectivity index (χ0n) is 15.8. The molecule has 0 aromatic rings. The maximum Gasteiger partial charge on any atom is 0.309 e. The number of ether oxygens (including phenoxy) is 1. The molecule has 1 fully saturated rings. The molecule has 2 atom stereocenters. The molecule has 1 saturated heterocycles. The van der Waals surface area contributed by atoms with Gasteiger partial charge in [0.05, 0.1) is 21.8 Å². The SMILES string of the molecule is COC(=O)C(C)CN1CCN(C(C)(C)C(C)C)C([SiH](C)C)C1. The monoisotopic (exact) mass is 328 g/mol. The second kappa shape index (κ2) is 7.93. The van der Waals surface area contributed by atoms with Gasteiger partial charge in [0.15, 0.2) is 0 Å². The predicted octanol–water partition coefficient (Wildman–Crippen LogP) is 2.24. The number of esters is 1. The van der Waals surface area contributed by atoms with Crippen LogP contribution >= 0.6 is 0 Å². The first-order valence-electron chi connectivity index (χ1n) is 8.68. The highest BCUT2D eigenvalue weighted by Crippen LogP contribution is 2.29. The number of rotatable bonds is 6. The van der Waals surface area contributed by atoms with Gasteiger partial charge >= 0.3 is 5.97 Å². The molecule has 1 aliphatic heterocycles. The van der Waals surface area contributed by atoms with Gasteiger partial charge in [-0.2, -0.15) is 0 Å². The second-order valence-corrected chi connectivity index (χ2v) is 11.3. The third-order valence-corrected chi connectivity index (χ3v) is 7.67. The molecule has 1 heterocycles. The molecule has 5 heteroatoms. The summed E-state index contributed by atoms with van der Waals surface area (Å²) in [6.45, 7) is 20.4. The first kappa shape index (κ1) is 19.7. The van der Waals surface area contributed by atoms with Gasteiger partial charge in [-0.15, -0.1) is 0 Å². The van der Waals surface area contributed by atoms with Gasteiger partial charge in [0, 0.05) is 37.4 Å². The van der Waals surface area contributed by atoms with E-state index >= 15 is 0 Å². The van der Waals surface area contributed by atoms with E-state index in [1.54, 1.807) is 0 Å². The fraction of sp³-hybridized carbons (Fsp3) is 0.941. The Labute approximate surface area is 138 Å². The summed E-state index contributed by atoms with van der Waals surface area (Å²) in [6.07, 6.45) is 0. The summed E-state index contributed by atoms with van der Waals surface area (Å²) in [4.78, 5) is 16.9. The summed E-state index contributed by atoms with van der Waals surface area (Å²) in [6, 6.07) is 0. The van der Waals surface area contributed by atoms with Gasteiger partial charge in [-0.05, 0) is 19.8 Å². The maximum atomic E-state index is 11.7. The van der Waals surface area contributed by atoms with Crippen LogP contribution < -0.4 is 0 Å². The fourth-order valence-electron chi connectivity index (χ4n) is 3.32. The molecule has 0 spiro atoms. The van der Waals surface area contributed by atoms with Crippen molar-refractivity contribution in [2.45, 2.75) is 58.9 Å². The number of piperazine rings is 1. The molecule has 22 heavy (non-hydrogen) atoms. The summed E-state index contributed by atoms with van der Waals surface area (Å²) in [5.74, 6) is 0.510. The molecule has 2 unspecified atom stereocenters. The highest BCUT2D eigenvalue weighted by molar-refractivity contribution is 6.57. The van der Waals surface area contributed by atoms with E-state index in [0.717, 1.165) is 26.2 Å². The Morgan fingerprint density at radius 1 is 1.27 bits per heavy atom. The van der Waals surface area contributed by atoms with E-state index in [2.05, 4.69) is 50.6 Å². The Kier molecular flexibility index (Phi) is 7.08. The summed E-state index contributed by atoms with van der Waals surface area (Å²) in [5.41, 5.74) is 0.915. The van der Waals surface area contributed by atoms with Crippen LogP contribution in [0.1, 0.15) is 34.6 Å². The van der Waals surface area contributed by atoms with E-state index in [-0.39, 0.29) is 17.4 Å². The molecule has 0 amide bonds. The minimum Gasteiger partial charge on any atom is -0.469 e. The van der Waals surface area contributed by atoms with Crippen LogP contribution in [0.3, 0.4) is 0 Å². The minimum absolute atomic E-state index is 0.0378. The standard InChI is InChI=1S/C17H36N2O2Si/c1-13(2)17(4,5)19-10-9-18(12-15(19)22(7)8)11-14(3)16(20)21-6/h13-15,22H,9-12H2,1-8H3. The van der Waals surface area contributed by atoms with Crippen molar-refractivity contribution in [3.63, 3.8) is 0 Å². The Morgan fingerprint density at radius 3 is 2.32 bits per heavy atom. The zero-order chi connectivity index (χ0) is 17.1. The first-order chi connectivity index (χ1) is 10.1. The largest absolute Gasteiger partial charge is 0.469 e. The third kappa shape index (κ3) is 4.55. The number of methoxy groups -OCH3 is 1. The summed E-state index contributed by atoms with van der Waals surface area (Å²) in [7, 11) is 0.680. The average molecular weight is 329 g/mol. The lowest BCUT2D eigenvalue weighted by Crippen LogP contribution is -2.65. The van der Waals surface area contributed by atoms with Gasteiger partial charge in [-0.3, -0.25) is 14.6 Å². The quantitative estimate of drug-likeness (QED) is 0.553. The molecule has 0 aromatic heterocycles. The number of carbonyl (C=O) groups excluding carboxylic acids is 1. The summed E-state index contributed by atoms with van der Waals surface area (Å²) >= 11 is 0. The van der Waals surface area contributed by atoms with Crippen molar-refractivity contribution in [1.29, 1.82) is 0 Å². The molecule has 0 aromatic carbocycles. The lowest BCUT2D eigenvalue weighted by atomic mass is 9.88. The van der Waals surface area contributed by atoms with Crippen molar-refractivity contribution >= 4 is 14.8 Å². The Morgan fingerprint density at radius 2 is 1.86 bits per heavy atom. The van der Waals surface area contributed by atoms with Gasteiger partial charge in [0.25, 0.3) is 0 Å². The highest BCUT2D eigenvalue weighted by atomic mass is 28.3. The van der Waals surface area contributed by atoms with Crippen LogP contribution in [-0.4, -0.2) is 69.1 Å². The molecule has 0 aliphatic carbocycles. The van der Waals surface area contributed by atoms with Crippen LogP contribution in [0, 0.1) is 11.8 Å². The number of hydrogen-bond donors (Lipinski definition) is 0. The van der Waals surface area contributed by atoms with Crippen molar-refractivity contribution in [2.75, 3.05) is 33.3 Å². The van der Waals surface area contributed by atoms with Gasteiger partial charge in [-0.1, -0.05) is 33.9 Å². The van der Waals surface area contributed by atoms with Crippen LogP contribution in [-0.2, 0) is 9.53 Å². The van der Waals surface area contributed by atoms with Crippen LogP contribution in [0.5, 0.6) is 0 Å². The highest BCUT2D eigenvalue weighted by Gasteiger charge is 2.40. The predicted molar refractivity (Wildman–Crippen MR) is 95.9 cm³/mol. The number of hydrogen-bond acceptors (Lipinski definition) is 4. The second-order valence-electron chi connectivity index (χ2n) is 8.00. The number of nitrogens with zero attached hydrogens (tertiary/aromatic N) is 2. The molecule has 1 rings (SSSR count). The van der Waals surface area contributed by atoms with E-state index in [4.69, 9.17) is 4.74 Å². The van der Waals surface area contributed by atoms with E-state index in [1.165, 1.54) is 7.11 Å². The normalized spacial score (nSPS) is 23.1. The smallest absolute Gasteiger partial charge is 0.309 e. The fourth-order valence-corrected chi connectivity index (χ4v) is 5.29. The lowest BCUT2D eigenvalue weighted by Gasteiger charge is -2.52. The van der Waals surface area contributed by atoms with E-state index < -0.39 is 8.80 Å².